The van der Waals surface area contributed by atoms with Crippen molar-refractivity contribution in [1.29, 1.82) is 0 Å². The number of carbonyl (C=O) groups is 1. The van der Waals surface area contributed by atoms with Crippen LogP contribution in [0.1, 0.15) is 52.1 Å². The van der Waals surface area contributed by atoms with E-state index >= 15 is 0 Å². The Balaban J connectivity index is 1.61. The summed E-state index contributed by atoms with van der Waals surface area (Å²) in [6.45, 7) is 4.22. The minimum Gasteiger partial charge on any atom is -0.315 e. The van der Waals surface area contributed by atoms with Gasteiger partial charge in [0.15, 0.2) is 6.17 Å². The maximum absolute atomic E-state index is 13.9. The fourth-order valence-electron chi connectivity index (χ4n) is 5.30. The average molecular weight is 543 g/mol. The largest absolute Gasteiger partial charge is 0.447 e. The van der Waals surface area contributed by atoms with Crippen LogP contribution in [0.2, 0.25) is 10.0 Å². The van der Waals surface area contributed by atoms with Crippen molar-refractivity contribution in [3.63, 3.8) is 0 Å². The third-order valence-electron chi connectivity index (χ3n) is 7.16. The second kappa shape index (κ2) is 9.91. The maximum atomic E-state index is 13.9. The van der Waals surface area contributed by atoms with E-state index < -0.39 is 23.2 Å². The standard InChI is InChI=1S/C27H28Cl2N4O4/c1-27(2)23(33-25(35)32(26(36)37-33)22-13-7-11-20(29)17-22)31(21-12-6-10-19(28)16-21)24(34)30(27)15-14-18-8-4-3-5-9-18/h6-8,10-13,16-17,23H,3-5,9,14-15H2,1-2H3. The van der Waals surface area contributed by atoms with E-state index in [1.54, 1.807) is 47.4 Å². The molecule has 1 saturated heterocycles. The molecule has 0 bridgehead atoms. The molecule has 3 aromatic rings. The molecule has 8 nitrogen and oxygen atoms in total. The van der Waals surface area contributed by atoms with Gasteiger partial charge in [-0.15, -0.1) is 4.74 Å². The van der Waals surface area contributed by atoms with Crippen LogP contribution in [0, 0.1) is 0 Å². The highest BCUT2D eigenvalue weighted by Gasteiger charge is 2.55. The van der Waals surface area contributed by atoms with Gasteiger partial charge in [0, 0.05) is 22.3 Å². The quantitative estimate of drug-likeness (QED) is 0.357. The molecular formula is C27H28Cl2N4O4. The third-order valence-corrected chi connectivity index (χ3v) is 7.63. The van der Waals surface area contributed by atoms with E-state index in [0.717, 1.165) is 35.0 Å². The first-order chi connectivity index (χ1) is 17.7. The number of halogens is 2. The lowest BCUT2D eigenvalue weighted by molar-refractivity contribution is 0.0974. The van der Waals surface area contributed by atoms with Gasteiger partial charge >= 0.3 is 17.5 Å². The number of hydrogen-bond acceptors (Lipinski definition) is 4. The molecule has 1 unspecified atom stereocenters. The van der Waals surface area contributed by atoms with Gasteiger partial charge < -0.3 is 9.42 Å². The fraction of sp³-hybridized carbons (Fsp3) is 0.370. The zero-order chi connectivity index (χ0) is 26.3. The van der Waals surface area contributed by atoms with E-state index in [1.165, 1.54) is 23.0 Å². The first kappa shape index (κ1) is 25.4. The van der Waals surface area contributed by atoms with Crippen molar-refractivity contribution in [2.24, 2.45) is 0 Å². The number of anilines is 1. The number of carbonyl (C=O) groups excluding carboxylic acids is 1. The van der Waals surface area contributed by atoms with Crippen LogP contribution in [0.25, 0.3) is 5.69 Å². The first-order valence-electron chi connectivity index (χ1n) is 12.3. The van der Waals surface area contributed by atoms with Gasteiger partial charge in [0.1, 0.15) is 0 Å². The summed E-state index contributed by atoms with van der Waals surface area (Å²) < 4.78 is 7.44. The van der Waals surface area contributed by atoms with E-state index in [1.807, 2.05) is 13.8 Å². The maximum Gasteiger partial charge on any atom is 0.447 e. The van der Waals surface area contributed by atoms with E-state index in [4.69, 9.17) is 27.7 Å². The Morgan fingerprint density at radius 3 is 2.30 bits per heavy atom. The molecule has 0 spiro atoms. The molecule has 10 heteroatoms. The molecule has 0 N–H and O–H groups in total. The predicted molar refractivity (Wildman–Crippen MR) is 144 cm³/mol. The highest BCUT2D eigenvalue weighted by atomic mass is 35.5. The van der Waals surface area contributed by atoms with Gasteiger partial charge in [-0.25, -0.2) is 14.4 Å². The molecule has 1 fully saturated rings. The van der Waals surface area contributed by atoms with Gasteiger partial charge in [0.25, 0.3) is 0 Å². The van der Waals surface area contributed by atoms with E-state index in [0.29, 0.717) is 22.3 Å². The third kappa shape index (κ3) is 4.64. The summed E-state index contributed by atoms with van der Waals surface area (Å²) in [5.41, 5.74) is 0.502. The van der Waals surface area contributed by atoms with Crippen molar-refractivity contribution in [2.45, 2.75) is 57.7 Å². The van der Waals surface area contributed by atoms with Crippen LogP contribution in [0.4, 0.5) is 10.5 Å². The molecule has 2 aliphatic rings. The van der Waals surface area contributed by atoms with Crippen molar-refractivity contribution in [3.05, 3.63) is 91.3 Å². The molecule has 194 valence electrons. The Morgan fingerprint density at radius 1 is 0.973 bits per heavy atom. The number of nitrogens with zero attached hydrogens (tertiary/aromatic N) is 4. The zero-order valence-corrected chi connectivity index (χ0v) is 22.2. The summed E-state index contributed by atoms with van der Waals surface area (Å²) in [7, 11) is 0. The highest BCUT2D eigenvalue weighted by molar-refractivity contribution is 6.31. The van der Waals surface area contributed by atoms with Gasteiger partial charge in [-0.05, 0) is 82.3 Å². The molecule has 37 heavy (non-hydrogen) atoms. The lowest BCUT2D eigenvalue weighted by Gasteiger charge is -2.34. The molecule has 0 saturated carbocycles. The van der Waals surface area contributed by atoms with Gasteiger partial charge in [0.2, 0.25) is 0 Å². The molecule has 5 rings (SSSR count). The van der Waals surface area contributed by atoms with Gasteiger partial charge in [0.05, 0.1) is 11.2 Å². The second-order valence-corrected chi connectivity index (χ2v) is 10.8. The van der Waals surface area contributed by atoms with E-state index in [2.05, 4.69) is 6.08 Å². The summed E-state index contributed by atoms with van der Waals surface area (Å²) in [6, 6.07) is 13.0. The monoisotopic (exact) mass is 542 g/mol. The number of aromatic nitrogens is 2. The Hall–Kier alpha value is -3.23. The summed E-state index contributed by atoms with van der Waals surface area (Å²) in [5.74, 6) is -0.868. The van der Waals surface area contributed by atoms with Gasteiger partial charge in [-0.2, -0.15) is 4.57 Å². The second-order valence-electron chi connectivity index (χ2n) is 9.95. The van der Waals surface area contributed by atoms with Crippen LogP contribution >= 0.6 is 23.2 Å². The highest BCUT2D eigenvalue weighted by Crippen LogP contribution is 2.43. The van der Waals surface area contributed by atoms with Crippen LogP contribution in [-0.2, 0) is 0 Å². The summed E-state index contributed by atoms with van der Waals surface area (Å²) >= 11 is 12.4. The molecule has 2 aromatic carbocycles. The molecular weight excluding hydrogens is 515 g/mol. The summed E-state index contributed by atoms with van der Waals surface area (Å²) in [6.07, 6.45) is 6.49. The topological polar surface area (TPSA) is 80.7 Å². The normalized spacial score (nSPS) is 19.4. The Bertz CT molecular complexity index is 1490. The predicted octanol–water partition coefficient (Wildman–Crippen LogP) is 6.01. The minimum absolute atomic E-state index is 0.280. The minimum atomic E-state index is -0.945. The van der Waals surface area contributed by atoms with Crippen LogP contribution in [-0.4, -0.2) is 32.3 Å². The van der Waals surface area contributed by atoms with E-state index in [9.17, 15) is 14.4 Å². The van der Waals surface area contributed by atoms with Crippen LogP contribution < -0.4 is 16.3 Å². The Labute approximate surface area is 224 Å². The van der Waals surface area contributed by atoms with Crippen molar-refractivity contribution < 1.29 is 9.32 Å². The average Bonchev–Trinajstić information content (AvgIpc) is 3.25. The smallest absolute Gasteiger partial charge is 0.315 e. The number of hydrogen-bond donors (Lipinski definition) is 0. The number of urea groups is 1. The molecule has 2 heterocycles. The SMILES string of the molecule is CC1(C)C(n2oc(=O)n(-c3cccc(Cl)c3)c2=O)N(c2cccc(Cl)c2)C(=O)N1CCC1=CCCCC1. The fourth-order valence-corrected chi connectivity index (χ4v) is 5.67. The number of amides is 2. The Kier molecular flexibility index (Phi) is 6.81. The molecule has 1 aliphatic heterocycles. The first-order valence-corrected chi connectivity index (χ1v) is 13.1. The zero-order valence-electron chi connectivity index (χ0n) is 20.7. The molecule has 0 radical (unpaired) electrons. The van der Waals surface area contributed by atoms with Crippen molar-refractivity contribution in [1.82, 2.24) is 14.2 Å². The number of benzene rings is 2. The summed E-state index contributed by atoms with van der Waals surface area (Å²) in [5, 5.41) is 0.814. The van der Waals surface area contributed by atoms with E-state index in [-0.39, 0.29) is 11.7 Å². The molecule has 1 aromatic heterocycles. The van der Waals surface area contributed by atoms with Crippen LogP contribution in [0.15, 0.2) is 74.3 Å². The van der Waals surface area contributed by atoms with Crippen LogP contribution in [0.5, 0.6) is 0 Å². The lowest BCUT2D eigenvalue weighted by Crippen LogP contribution is -2.47. The van der Waals surface area contributed by atoms with Crippen molar-refractivity contribution in [2.75, 3.05) is 11.4 Å². The van der Waals surface area contributed by atoms with Crippen LogP contribution in [0.3, 0.4) is 0 Å². The van der Waals surface area contributed by atoms with Gasteiger partial charge in [-0.3, -0.25) is 4.90 Å². The van der Waals surface area contributed by atoms with Crippen molar-refractivity contribution >= 4 is 34.9 Å². The molecule has 2 amide bonds. The number of rotatable bonds is 6. The molecule has 1 aliphatic carbocycles. The lowest BCUT2D eigenvalue weighted by atomic mass is 9.95. The van der Waals surface area contributed by atoms with Crippen molar-refractivity contribution in [3.8, 4) is 5.69 Å². The summed E-state index contributed by atoms with van der Waals surface area (Å²) in [4.78, 5) is 43.7. The Morgan fingerprint density at radius 2 is 1.65 bits per heavy atom. The molecule has 1 atom stereocenters. The van der Waals surface area contributed by atoms with Gasteiger partial charge in [-0.1, -0.05) is 47.0 Å². The number of allylic oxidation sites excluding steroid dienone is 1.